The molecule has 3 heteroatoms. The summed E-state index contributed by atoms with van der Waals surface area (Å²) >= 11 is 0. The van der Waals surface area contributed by atoms with Crippen LogP contribution in [0.1, 0.15) is 129 Å². The molecule has 0 saturated carbocycles. The SMILES string of the molecule is CCCCCCCCCCCCOc1cc2c(cc1N)c1ccccc1n2CCCCCCCCCC. The lowest BCUT2D eigenvalue weighted by Crippen LogP contribution is -2.02. The topological polar surface area (TPSA) is 40.2 Å². The van der Waals surface area contributed by atoms with Crippen molar-refractivity contribution in [3.63, 3.8) is 0 Å². The predicted octanol–water partition coefficient (Wildman–Crippen LogP) is 10.8. The van der Waals surface area contributed by atoms with Crippen LogP contribution in [-0.4, -0.2) is 11.2 Å². The summed E-state index contributed by atoms with van der Waals surface area (Å²) in [7, 11) is 0. The van der Waals surface area contributed by atoms with Crippen LogP contribution in [0.5, 0.6) is 5.75 Å². The van der Waals surface area contributed by atoms with E-state index in [0.717, 1.165) is 31.0 Å². The second-order valence-electron chi connectivity index (χ2n) is 11.1. The molecule has 3 rings (SSSR count). The molecule has 1 aromatic heterocycles. The average Bonchev–Trinajstić information content (AvgIpc) is 3.21. The van der Waals surface area contributed by atoms with E-state index < -0.39 is 0 Å². The lowest BCUT2D eigenvalue weighted by atomic mass is 10.1. The van der Waals surface area contributed by atoms with Gasteiger partial charge in [-0.15, -0.1) is 0 Å². The molecular weight excluding hydrogens is 452 g/mol. The van der Waals surface area contributed by atoms with E-state index in [1.807, 2.05) is 0 Å². The summed E-state index contributed by atoms with van der Waals surface area (Å²) in [4.78, 5) is 0. The fourth-order valence-corrected chi connectivity index (χ4v) is 5.63. The van der Waals surface area contributed by atoms with Gasteiger partial charge in [0, 0.05) is 28.9 Å². The Morgan fingerprint density at radius 2 is 1.14 bits per heavy atom. The van der Waals surface area contributed by atoms with Crippen molar-refractivity contribution in [3.05, 3.63) is 36.4 Å². The van der Waals surface area contributed by atoms with E-state index in [1.54, 1.807) is 0 Å². The Morgan fingerprint density at radius 1 is 0.595 bits per heavy atom. The molecule has 0 aliphatic rings. The Balaban J connectivity index is 1.50. The number of para-hydroxylation sites is 1. The quantitative estimate of drug-likeness (QED) is 0.115. The first-order chi connectivity index (χ1) is 18.3. The minimum atomic E-state index is 0.754. The third-order valence-electron chi connectivity index (χ3n) is 7.89. The molecule has 0 aliphatic carbocycles. The van der Waals surface area contributed by atoms with Crippen LogP contribution in [0, 0.1) is 0 Å². The molecule has 0 fully saturated rings. The van der Waals surface area contributed by atoms with E-state index in [4.69, 9.17) is 10.5 Å². The van der Waals surface area contributed by atoms with Crippen LogP contribution in [0.15, 0.2) is 36.4 Å². The number of nitrogens with two attached hydrogens (primary N) is 1. The van der Waals surface area contributed by atoms with E-state index in [1.165, 1.54) is 131 Å². The Labute approximate surface area is 227 Å². The Morgan fingerprint density at radius 3 is 1.76 bits per heavy atom. The average molecular weight is 507 g/mol. The molecule has 1 heterocycles. The van der Waals surface area contributed by atoms with Gasteiger partial charge in [0.2, 0.25) is 0 Å². The van der Waals surface area contributed by atoms with Crippen LogP contribution in [0.3, 0.4) is 0 Å². The number of rotatable bonds is 21. The first kappa shape index (κ1) is 29.4. The minimum absolute atomic E-state index is 0.754. The molecule has 0 bridgehead atoms. The van der Waals surface area contributed by atoms with Gasteiger partial charge >= 0.3 is 0 Å². The van der Waals surface area contributed by atoms with Gasteiger partial charge in [0.15, 0.2) is 0 Å². The third kappa shape index (κ3) is 9.58. The van der Waals surface area contributed by atoms with Crippen molar-refractivity contribution in [1.82, 2.24) is 4.57 Å². The van der Waals surface area contributed by atoms with E-state index in [0.29, 0.717) is 0 Å². The van der Waals surface area contributed by atoms with Crippen LogP contribution in [-0.2, 0) is 6.54 Å². The molecule has 2 aromatic carbocycles. The number of nitrogen functional groups attached to an aromatic ring is 1. The van der Waals surface area contributed by atoms with Crippen LogP contribution in [0.25, 0.3) is 21.8 Å². The summed E-state index contributed by atoms with van der Waals surface area (Å²) in [5.41, 5.74) is 9.80. The number of fused-ring (bicyclic) bond motifs is 3. The number of benzene rings is 2. The summed E-state index contributed by atoms with van der Waals surface area (Å²) in [6, 6.07) is 13.1. The minimum Gasteiger partial charge on any atom is -0.491 e. The van der Waals surface area contributed by atoms with Crippen LogP contribution < -0.4 is 10.5 Å². The van der Waals surface area contributed by atoms with Crippen molar-refractivity contribution in [3.8, 4) is 5.75 Å². The maximum absolute atomic E-state index is 6.47. The number of aromatic nitrogens is 1. The van der Waals surface area contributed by atoms with Gasteiger partial charge in [-0.2, -0.15) is 0 Å². The number of aryl methyl sites for hydroxylation is 1. The molecule has 0 unspecified atom stereocenters. The summed E-state index contributed by atoms with van der Waals surface area (Å²) in [5.74, 6) is 0.850. The number of hydrogen-bond donors (Lipinski definition) is 1. The highest BCUT2D eigenvalue weighted by atomic mass is 16.5. The Hall–Kier alpha value is -2.16. The molecule has 0 atom stereocenters. The van der Waals surface area contributed by atoms with E-state index in [2.05, 4.69) is 54.8 Å². The maximum Gasteiger partial charge on any atom is 0.144 e. The molecule has 206 valence electrons. The zero-order valence-electron chi connectivity index (χ0n) is 24.0. The molecular formula is C34H54N2O. The van der Waals surface area contributed by atoms with Crippen LogP contribution >= 0.6 is 0 Å². The third-order valence-corrected chi connectivity index (χ3v) is 7.89. The van der Waals surface area contributed by atoms with Crippen molar-refractivity contribution in [2.75, 3.05) is 12.3 Å². The normalized spacial score (nSPS) is 11.6. The summed E-state index contributed by atoms with van der Waals surface area (Å²) in [6.45, 7) is 6.38. The van der Waals surface area contributed by atoms with E-state index in [9.17, 15) is 0 Å². The molecule has 0 aliphatic heterocycles. The van der Waals surface area contributed by atoms with Gasteiger partial charge in [-0.3, -0.25) is 0 Å². The molecule has 0 radical (unpaired) electrons. The van der Waals surface area contributed by atoms with Crippen molar-refractivity contribution in [2.24, 2.45) is 0 Å². The van der Waals surface area contributed by atoms with Gasteiger partial charge in [0.25, 0.3) is 0 Å². The van der Waals surface area contributed by atoms with Crippen molar-refractivity contribution in [2.45, 2.75) is 136 Å². The van der Waals surface area contributed by atoms with Crippen molar-refractivity contribution in [1.29, 1.82) is 0 Å². The van der Waals surface area contributed by atoms with Crippen LogP contribution in [0.4, 0.5) is 5.69 Å². The van der Waals surface area contributed by atoms with Gasteiger partial charge < -0.3 is 15.0 Å². The van der Waals surface area contributed by atoms with Gasteiger partial charge in [-0.05, 0) is 25.0 Å². The Kier molecular flexibility index (Phi) is 13.8. The molecule has 0 saturated heterocycles. The number of ether oxygens (including phenoxy) is 1. The van der Waals surface area contributed by atoms with Crippen molar-refractivity contribution < 1.29 is 4.74 Å². The highest BCUT2D eigenvalue weighted by molar-refractivity contribution is 6.09. The van der Waals surface area contributed by atoms with E-state index >= 15 is 0 Å². The first-order valence-electron chi connectivity index (χ1n) is 15.7. The molecule has 2 N–H and O–H groups in total. The predicted molar refractivity (Wildman–Crippen MR) is 164 cm³/mol. The largest absolute Gasteiger partial charge is 0.491 e. The maximum atomic E-state index is 6.47. The Bertz CT molecular complexity index is 1020. The van der Waals surface area contributed by atoms with E-state index in [-0.39, 0.29) is 0 Å². The zero-order valence-corrected chi connectivity index (χ0v) is 24.0. The number of unbranched alkanes of at least 4 members (excludes halogenated alkanes) is 16. The molecule has 0 amide bonds. The summed E-state index contributed by atoms with van der Waals surface area (Å²) < 4.78 is 8.71. The molecule has 3 nitrogen and oxygen atoms in total. The summed E-state index contributed by atoms with van der Waals surface area (Å²) in [5, 5.41) is 2.55. The summed E-state index contributed by atoms with van der Waals surface area (Å²) in [6.07, 6.45) is 24.1. The highest BCUT2D eigenvalue weighted by Crippen LogP contribution is 2.35. The number of anilines is 1. The number of hydrogen-bond acceptors (Lipinski definition) is 2. The fraction of sp³-hybridized carbons (Fsp3) is 0.647. The zero-order chi connectivity index (χ0) is 26.1. The fourth-order valence-electron chi connectivity index (χ4n) is 5.63. The standard InChI is InChI=1S/C34H54N2O/c1-3-5-7-9-11-13-14-16-18-22-26-37-34-28-33-30(27-31(34)35)29-23-19-20-24-32(29)36(33)25-21-17-15-12-10-8-6-4-2/h19-20,23-24,27-28H,3-18,21-22,25-26,35H2,1-2H3. The smallest absolute Gasteiger partial charge is 0.144 e. The highest BCUT2D eigenvalue weighted by Gasteiger charge is 2.13. The monoisotopic (exact) mass is 506 g/mol. The second-order valence-corrected chi connectivity index (χ2v) is 11.1. The van der Waals surface area contributed by atoms with Gasteiger partial charge in [-0.25, -0.2) is 0 Å². The van der Waals surface area contributed by atoms with Gasteiger partial charge in [0.05, 0.1) is 17.8 Å². The second kappa shape index (κ2) is 17.4. The molecule has 0 spiro atoms. The molecule has 37 heavy (non-hydrogen) atoms. The number of nitrogens with zero attached hydrogens (tertiary/aromatic N) is 1. The first-order valence-corrected chi connectivity index (χ1v) is 15.7. The van der Waals surface area contributed by atoms with Crippen molar-refractivity contribution >= 4 is 27.5 Å². The lowest BCUT2D eigenvalue weighted by Gasteiger charge is -2.12. The van der Waals surface area contributed by atoms with Gasteiger partial charge in [0.1, 0.15) is 5.75 Å². The molecule has 3 aromatic rings. The lowest BCUT2D eigenvalue weighted by molar-refractivity contribution is 0.306. The van der Waals surface area contributed by atoms with Gasteiger partial charge in [-0.1, -0.05) is 135 Å². The van der Waals surface area contributed by atoms with Crippen LogP contribution in [0.2, 0.25) is 0 Å².